The number of hydrogen-bond acceptors (Lipinski definition) is 6. The fourth-order valence-corrected chi connectivity index (χ4v) is 8.47. The fourth-order valence-electron chi connectivity index (χ4n) is 4.91. The van der Waals surface area contributed by atoms with Crippen LogP contribution in [-0.4, -0.2) is 56.2 Å². The van der Waals surface area contributed by atoms with E-state index in [1.807, 2.05) is 4.90 Å². The van der Waals surface area contributed by atoms with Crippen molar-refractivity contribution in [3.05, 3.63) is 28.2 Å². The zero-order valence-electron chi connectivity index (χ0n) is 18.7. The van der Waals surface area contributed by atoms with Crippen LogP contribution in [0.4, 0.5) is 0 Å². The number of carbonyl (C=O) groups excluding carboxylic acids is 2. The van der Waals surface area contributed by atoms with Gasteiger partial charge in [-0.05, 0) is 44.1 Å². The van der Waals surface area contributed by atoms with Crippen LogP contribution in [0.3, 0.4) is 0 Å². The van der Waals surface area contributed by atoms with Crippen molar-refractivity contribution in [2.45, 2.75) is 68.5 Å². The Morgan fingerprint density at radius 3 is 2.44 bits per heavy atom. The van der Waals surface area contributed by atoms with E-state index in [1.54, 1.807) is 0 Å². The largest absolute Gasteiger partial charge is 0.465 e. The van der Waals surface area contributed by atoms with E-state index in [2.05, 4.69) is 12.2 Å². The van der Waals surface area contributed by atoms with E-state index < -0.39 is 16.0 Å². The predicted molar refractivity (Wildman–Crippen MR) is 123 cm³/mol. The molecule has 3 heterocycles. The van der Waals surface area contributed by atoms with Gasteiger partial charge in [-0.25, -0.2) is 13.2 Å². The summed E-state index contributed by atoms with van der Waals surface area (Å²) in [6.07, 6.45) is 12.0. The highest BCUT2D eigenvalue weighted by Gasteiger charge is 2.38. The summed E-state index contributed by atoms with van der Waals surface area (Å²) in [5.74, 6) is -0.489. The van der Waals surface area contributed by atoms with Crippen LogP contribution in [0.2, 0.25) is 0 Å². The second kappa shape index (κ2) is 10.1. The highest BCUT2D eigenvalue weighted by molar-refractivity contribution is 7.91. The molecule has 0 bridgehead atoms. The Kier molecular flexibility index (Phi) is 7.37. The summed E-state index contributed by atoms with van der Waals surface area (Å²) in [5, 5.41) is 0. The molecule has 1 saturated heterocycles. The van der Waals surface area contributed by atoms with E-state index in [0.717, 1.165) is 73.1 Å². The first-order chi connectivity index (χ1) is 15.4. The standard InChI is InChI=1S/C23H32N2O5S2/c1-30-22(27)20-18-12-15-24(21(26)17-10-6-5-7-11-17)16-19(18)31-23(20)32(28,29)25-13-8-3-2-4-9-14-25/h5-6,17H,2-4,7-16H2,1H3/t17-/m0/s1. The van der Waals surface area contributed by atoms with Gasteiger partial charge in [0.1, 0.15) is 4.21 Å². The molecule has 0 saturated carbocycles. The maximum absolute atomic E-state index is 13.6. The van der Waals surface area contributed by atoms with Crippen LogP contribution < -0.4 is 0 Å². The van der Waals surface area contributed by atoms with Crippen molar-refractivity contribution in [3.63, 3.8) is 0 Å². The molecule has 0 radical (unpaired) electrons. The second-order valence-electron chi connectivity index (χ2n) is 8.82. The third-order valence-electron chi connectivity index (χ3n) is 6.73. The molecule has 32 heavy (non-hydrogen) atoms. The number of sulfonamides is 1. The molecule has 0 aromatic carbocycles. The van der Waals surface area contributed by atoms with Crippen LogP contribution in [0, 0.1) is 5.92 Å². The van der Waals surface area contributed by atoms with Gasteiger partial charge in [-0.2, -0.15) is 4.31 Å². The number of methoxy groups -OCH3 is 1. The fraction of sp³-hybridized carbons (Fsp3) is 0.652. The van der Waals surface area contributed by atoms with Gasteiger partial charge in [0.2, 0.25) is 5.91 Å². The molecule has 0 N–H and O–H groups in total. The van der Waals surface area contributed by atoms with Crippen molar-refractivity contribution in [3.8, 4) is 0 Å². The van der Waals surface area contributed by atoms with Crippen LogP contribution in [0.5, 0.6) is 0 Å². The SMILES string of the molecule is COC(=O)c1c(S(=O)(=O)N2CCCCCCC2)sc2c1CCN(C(=O)[C@H]1CC=CCC1)C2. The normalized spacial score (nSPS) is 22.7. The van der Waals surface area contributed by atoms with Crippen molar-refractivity contribution in [2.75, 3.05) is 26.7 Å². The summed E-state index contributed by atoms with van der Waals surface area (Å²) in [7, 11) is -2.52. The average molecular weight is 481 g/mol. The predicted octanol–water partition coefficient (Wildman–Crippen LogP) is 3.73. The summed E-state index contributed by atoms with van der Waals surface area (Å²) in [6, 6.07) is 0. The molecule has 1 aromatic heterocycles. The average Bonchev–Trinajstić information content (AvgIpc) is 3.18. The molecule has 1 fully saturated rings. The van der Waals surface area contributed by atoms with Crippen molar-refractivity contribution in [2.24, 2.45) is 5.92 Å². The highest BCUT2D eigenvalue weighted by Crippen LogP contribution is 2.39. The lowest BCUT2D eigenvalue weighted by Gasteiger charge is -2.31. The molecule has 4 rings (SSSR count). The minimum Gasteiger partial charge on any atom is -0.465 e. The summed E-state index contributed by atoms with van der Waals surface area (Å²) in [6.45, 7) is 1.81. The smallest absolute Gasteiger partial charge is 0.340 e. The number of esters is 1. The number of rotatable bonds is 4. The van der Waals surface area contributed by atoms with Crippen molar-refractivity contribution >= 4 is 33.2 Å². The Bertz CT molecular complexity index is 990. The first-order valence-electron chi connectivity index (χ1n) is 11.6. The molecule has 3 aliphatic rings. The molecule has 2 aliphatic heterocycles. The molecule has 9 heteroatoms. The van der Waals surface area contributed by atoms with Gasteiger partial charge in [-0.3, -0.25) is 4.79 Å². The van der Waals surface area contributed by atoms with Crippen molar-refractivity contribution < 1.29 is 22.7 Å². The Labute approximate surface area is 194 Å². The van der Waals surface area contributed by atoms with Crippen molar-refractivity contribution in [1.29, 1.82) is 0 Å². The number of carbonyl (C=O) groups is 2. The summed E-state index contributed by atoms with van der Waals surface area (Å²) >= 11 is 1.15. The zero-order valence-corrected chi connectivity index (χ0v) is 20.3. The minimum atomic E-state index is -3.80. The molecule has 1 atom stereocenters. The van der Waals surface area contributed by atoms with Gasteiger partial charge in [-0.15, -0.1) is 11.3 Å². The van der Waals surface area contributed by atoms with Gasteiger partial charge in [0, 0.05) is 30.4 Å². The molecule has 176 valence electrons. The van der Waals surface area contributed by atoms with E-state index >= 15 is 0 Å². The lowest BCUT2D eigenvalue weighted by molar-refractivity contribution is -0.136. The topological polar surface area (TPSA) is 84.0 Å². The molecule has 0 spiro atoms. The first-order valence-corrected chi connectivity index (χ1v) is 13.9. The van der Waals surface area contributed by atoms with Crippen LogP contribution in [0.25, 0.3) is 0 Å². The van der Waals surface area contributed by atoms with E-state index in [9.17, 15) is 18.0 Å². The quantitative estimate of drug-likeness (QED) is 0.484. The van der Waals surface area contributed by atoms with E-state index in [0.29, 0.717) is 32.6 Å². The molecular weight excluding hydrogens is 448 g/mol. The Balaban J connectivity index is 1.64. The number of allylic oxidation sites excluding steroid dienone is 2. The third-order valence-corrected chi connectivity index (χ3v) is 10.3. The van der Waals surface area contributed by atoms with Crippen LogP contribution in [0.15, 0.2) is 16.4 Å². The molecular formula is C23H32N2O5S2. The molecule has 0 unspecified atom stereocenters. The van der Waals surface area contributed by atoms with E-state index in [1.165, 1.54) is 11.4 Å². The number of fused-ring (bicyclic) bond motifs is 1. The number of hydrogen-bond donors (Lipinski definition) is 0. The van der Waals surface area contributed by atoms with Crippen LogP contribution in [-0.2, 0) is 32.5 Å². The van der Waals surface area contributed by atoms with Crippen LogP contribution >= 0.6 is 11.3 Å². The number of nitrogens with zero attached hydrogens (tertiary/aromatic N) is 2. The maximum atomic E-state index is 13.6. The Morgan fingerprint density at radius 1 is 1.06 bits per heavy atom. The monoisotopic (exact) mass is 480 g/mol. The summed E-state index contributed by atoms with van der Waals surface area (Å²) < 4.78 is 33.8. The summed E-state index contributed by atoms with van der Waals surface area (Å²) in [4.78, 5) is 28.4. The zero-order chi connectivity index (χ0) is 22.7. The van der Waals surface area contributed by atoms with Gasteiger partial charge in [0.25, 0.3) is 10.0 Å². The number of ether oxygens (including phenoxy) is 1. The first kappa shape index (κ1) is 23.4. The maximum Gasteiger partial charge on any atom is 0.340 e. The Hall–Kier alpha value is -1.71. The lowest BCUT2D eigenvalue weighted by atomic mass is 9.92. The second-order valence-corrected chi connectivity index (χ2v) is 12.1. The van der Waals surface area contributed by atoms with Gasteiger partial charge < -0.3 is 9.64 Å². The summed E-state index contributed by atoms with van der Waals surface area (Å²) in [5.41, 5.74) is 0.919. The Morgan fingerprint density at radius 2 is 1.78 bits per heavy atom. The van der Waals surface area contributed by atoms with Crippen molar-refractivity contribution in [1.82, 2.24) is 9.21 Å². The minimum absolute atomic E-state index is 0.00849. The third kappa shape index (κ3) is 4.65. The van der Waals surface area contributed by atoms with Gasteiger partial charge in [-0.1, -0.05) is 31.4 Å². The number of thiophene rings is 1. The van der Waals surface area contributed by atoms with Gasteiger partial charge in [0.15, 0.2) is 0 Å². The highest BCUT2D eigenvalue weighted by atomic mass is 32.2. The molecule has 7 nitrogen and oxygen atoms in total. The molecule has 1 aromatic rings. The van der Waals surface area contributed by atoms with Crippen LogP contribution in [0.1, 0.15) is 72.2 Å². The van der Waals surface area contributed by atoms with E-state index in [-0.39, 0.29) is 21.6 Å². The van der Waals surface area contributed by atoms with Gasteiger partial charge >= 0.3 is 5.97 Å². The van der Waals surface area contributed by atoms with Gasteiger partial charge in [0.05, 0.1) is 19.2 Å². The van der Waals surface area contributed by atoms with E-state index in [4.69, 9.17) is 4.74 Å². The molecule has 1 amide bonds. The number of amides is 1. The lowest BCUT2D eigenvalue weighted by Crippen LogP contribution is -2.39. The molecule has 1 aliphatic carbocycles.